The maximum Gasteiger partial charge on any atom is 0.305 e. The van der Waals surface area contributed by atoms with E-state index in [0.717, 1.165) is 18.2 Å². The Hall–Kier alpha value is -1.30. The molecule has 6 heteroatoms. The van der Waals surface area contributed by atoms with Crippen molar-refractivity contribution in [2.24, 2.45) is 0 Å². The maximum atomic E-state index is 13.4. The Labute approximate surface area is 119 Å². The van der Waals surface area contributed by atoms with Crippen molar-refractivity contribution >= 4 is 16.8 Å². The minimum Gasteiger partial charge on any atom is -0.466 e. The molecule has 1 aromatic rings. The van der Waals surface area contributed by atoms with Gasteiger partial charge in [-0.25, -0.2) is 8.78 Å². The van der Waals surface area contributed by atoms with Crippen LogP contribution in [-0.2, 0) is 20.3 Å². The van der Waals surface area contributed by atoms with Gasteiger partial charge in [-0.15, -0.1) is 0 Å². The molecule has 0 aliphatic heterocycles. The highest BCUT2D eigenvalue weighted by Crippen LogP contribution is 2.15. The van der Waals surface area contributed by atoms with Crippen LogP contribution in [0, 0.1) is 11.6 Å². The van der Waals surface area contributed by atoms with Crippen LogP contribution in [0.3, 0.4) is 0 Å². The highest BCUT2D eigenvalue weighted by Gasteiger charge is 2.11. The van der Waals surface area contributed by atoms with Crippen molar-refractivity contribution < 1.29 is 22.5 Å². The van der Waals surface area contributed by atoms with Gasteiger partial charge >= 0.3 is 5.97 Å². The summed E-state index contributed by atoms with van der Waals surface area (Å²) in [5.41, 5.74) is 0. The quantitative estimate of drug-likeness (QED) is 0.547. The molecule has 0 heterocycles. The molecule has 0 fully saturated rings. The number of halogens is 2. The summed E-state index contributed by atoms with van der Waals surface area (Å²) < 4.78 is 42.9. The Morgan fingerprint density at radius 2 is 2.00 bits per heavy atom. The van der Waals surface area contributed by atoms with Crippen LogP contribution in [0.15, 0.2) is 23.1 Å². The zero-order valence-electron chi connectivity index (χ0n) is 11.4. The van der Waals surface area contributed by atoms with Gasteiger partial charge in [0.25, 0.3) is 0 Å². The summed E-state index contributed by atoms with van der Waals surface area (Å²) >= 11 is 0. The molecular formula is C14H18F2O3S. The minimum atomic E-state index is -1.55. The Bertz CT molecular complexity index is 477. The molecule has 0 saturated carbocycles. The van der Waals surface area contributed by atoms with Crippen molar-refractivity contribution in [3.05, 3.63) is 29.8 Å². The Balaban J connectivity index is 2.30. The molecule has 1 rings (SSSR count). The number of rotatable bonds is 8. The molecule has 0 bridgehead atoms. The first-order valence-corrected chi connectivity index (χ1v) is 7.85. The van der Waals surface area contributed by atoms with Gasteiger partial charge in [0, 0.05) is 12.2 Å². The summed E-state index contributed by atoms with van der Waals surface area (Å²) in [7, 11) is -1.55. The lowest BCUT2D eigenvalue weighted by molar-refractivity contribution is -0.143. The molecule has 112 valence electrons. The van der Waals surface area contributed by atoms with E-state index in [9.17, 15) is 17.8 Å². The van der Waals surface area contributed by atoms with Crippen LogP contribution < -0.4 is 0 Å². The molecule has 1 unspecified atom stereocenters. The molecule has 3 nitrogen and oxygen atoms in total. The summed E-state index contributed by atoms with van der Waals surface area (Å²) in [6, 6.07) is 2.93. The molecule has 0 aliphatic carbocycles. The molecule has 0 spiro atoms. The summed E-state index contributed by atoms with van der Waals surface area (Å²) in [5.74, 6) is -1.25. The summed E-state index contributed by atoms with van der Waals surface area (Å²) in [4.78, 5) is 11.0. The normalized spacial score (nSPS) is 12.2. The predicted octanol–water partition coefficient (Wildman–Crippen LogP) is 3.20. The SMILES string of the molecule is CCOC(=O)CCCCCS(=O)c1cc(F)ccc1F. The van der Waals surface area contributed by atoms with Crippen molar-refractivity contribution in [3.8, 4) is 0 Å². The molecule has 20 heavy (non-hydrogen) atoms. The largest absolute Gasteiger partial charge is 0.466 e. The topological polar surface area (TPSA) is 43.4 Å². The van der Waals surface area contributed by atoms with Crippen molar-refractivity contribution in [1.82, 2.24) is 0 Å². The lowest BCUT2D eigenvalue weighted by Crippen LogP contribution is -2.04. The van der Waals surface area contributed by atoms with Crippen molar-refractivity contribution in [1.29, 1.82) is 0 Å². The van der Waals surface area contributed by atoms with Gasteiger partial charge in [0.2, 0.25) is 0 Å². The van der Waals surface area contributed by atoms with Gasteiger partial charge in [0.1, 0.15) is 11.6 Å². The third-order valence-corrected chi connectivity index (χ3v) is 4.12. The van der Waals surface area contributed by atoms with Crippen LogP contribution in [0.2, 0.25) is 0 Å². The van der Waals surface area contributed by atoms with Crippen molar-refractivity contribution in [3.63, 3.8) is 0 Å². The lowest BCUT2D eigenvalue weighted by atomic mass is 10.2. The molecular weight excluding hydrogens is 286 g/mol. The van der Waals surface area contributed by atoms with E-state index < -0.39 is 22.4 Å². The van der Waals surface area contributed by atoms with E-state index in [-0.39, 0.29) is 16.6 Å². The van der Waals surface area contributed by atoms with Gasteiger partial charge in [-0.1, -0.05) is 6.42 Å². The monoisotopic (exact) mass is 304 g/mol. The molecule has 0 saturated heterocycles. The van der Waals surface area contributed by atoms with E-state index in [0.29, 0.717) is 32.3 Å². The number of esters is 1. The molecule has 0 amide bonds. The fraction of sp³-hybridized carbons (Fsp3) is 0.500. The first-order chi connectivity index (χ1) is 9.54. The number of ether oxygens (including phenoxy) is 1. The molecule has 0 radical (unpaired) electrons. The van der Waals surface area contributed by atoms with Crippen LogP contribution >= 0.6 is 0 Å². The number of hydrogen-bond acceptors (Lipinski definition) is 3. The van der Waals surface area contributed by atoms with Gasteiger partial charge < -0.3 is 4.74 Å². The second-order valence-corrected chi connectivity index (χ2v) is 5.78. The zero-order valence-corrected chi connectivity index (χ0v) is 12.2. The molecule has 0 N–H and O–H groups in total. The zero-order chi connectivity index (χ0) is 15.0. The van der Waals surface area contributed by atoms with Gasteiger partial charge in [0.15, 0.2) is 0 Å². The van der Waals surface area contributed by atoms with Gasteiger partial charge in [0.05, 0.1) is 22.3 Å². The van der Waals surface area contributed by atoms with E-state index in [4.69, 9.17) is 4.74 Å². The number of unbranched alkanes of at least 4 members (excludes halogenated alkanes) is 2. The molecule has 1 aromatic carbocycles. The van der Waals surface area contributed by atoms with Crippen LogP contribution in [0.25, 0.3) is 0 Å². The fourth-order valence-electron chi connectivity index (χ4n) is 1.67. The minimum absolute atomic E-state index is 0.101. The third kappa shape index (κ3) is 5.77. The third-order valence-electron chi connectivity index (χ3n) is 2.65. The average Bonchev–Trinajstić information content (AvgIpc) is 2.41. The average molecular weight is 304 g/mol. The Morgan fingerprint density at radius 3 is 2.70 bits per heavy atom. The second-order valence-electron chi connectivity index (χ2n) is 4.24. The summed E-state index contributed by atoms with van der Waals surface area (Å²) in [6.07, 6.45) is 2.25. The predicted molar refractivity (Wildman–Crippen MR) is 72.7 cm³/mol. The number of hydrogen-bond donors (Lipinski definition) is 0. The van der Waals surface area contributed by atoms with Crippen LogP contribution in [0.1, 0.15) is 32.6 Å². The number of benzene rings is 1. The van der Waals surface area contributed by atoms with E-state index in [1.54, 1.807) is 6.92 Å². The highest BCUT2D eigenvalue weighted by molar-refractivity contribution is 7.85. The summed E-state index contributed by atoms with van der Waals surface area (Å²) in [6.45, 7) is 2.11. The highest BCUT2D eigenvalue weighted by atomic mass is 32.2. The molecule has 1 atom stereocenters. The van der Waals surface area contributed by atoms with Gasteiger partial charge in [-0.05, 0) is 38.0 Å². The Kier molecular flexibility index (Phi) is 7.36. The van der Waals surface area contributed by atoms with E-state index in [1.807, 2.05) is 0 Å². The summed E-state index contributed by atoms with van der Waals surface area (Å²) in [5, 5.41) is 0. The van der Waals surface area contributed by atoms with Crippen LogP contribution in [0.4, 0.5) is 8.78 Å². The maximum absolute atomic E-state index is 13.4. The standard InChI is InChI=1S/C14H18F2O3S/c1-2-19-14(17)6-4-3-5-9-20(18)13-10-11(15)7-8-12(13)16/h7-8,10H,2-6,9H2,1H3. The van der Waals surface area contributed by atoms with Crippen molar-refractivity contribution in [2.75, 3.05) is 12.4 Å². The number of carbonyl (C=O) groups excluding carboxylic acids is 1. The van der Waals surface area contributed by atoms with Gasteiger partial charge in [-0.3, -0.25) is 9.00 Å². The lowest BCUT2D eigenvalue weighted by Gasteiger charge is -2.04. The molecule has 0 aliphatic rings. The van der Waals surface area contributed by atoms with Crippen LogP contribution in [-0.4, -0.2) is 22.5 Å². The van der Waals surface area contributed by atoms with E-state index in [1.165, 1.54) is 0 Å². The first-order valence-electron chi connectivity index (χ1n) is 6.53. The van der Waals surface area contributed by atoms with E-state index in [2.05, 4.69) is 0 Å². The Morgan fingerprint density at radius 1 is 1.25 bits per heavy atom. The van der Waals surface area contributed by atoms with E-state index >= 15 is 0 Å². The van der Waals surface area contributed by atoms with Crippen LogP contribution in [0.5, 0.6) is 0 Å². The molecule has 0 aromatic heterocycles. The first kappa shape index (κ1) is 16.8. The second kappa shape index (κ2) is 8.79. The van der Waals surface area contributed by atoms with Crippen molar-refractivity contribution in [2.45, 2.75) is 37.5 Å². The van der Waals surface area contributed by atoms with Gasteiger partial charge in [-0.2, -0.15) is 0 Å². The fourth-order valence-corrected chi connectivity index (χ4v) is 2.89. The number of carbonyl (C=O) groups is 1. The smallest absolute Gasteiger partial charge is 0.305 e.